The van der Waals surface area contributed by atoms with E-state index in [-0.39, 0.29) is 11.9 Å². The molecule has 0 amide bonds. The van der Waals surface area contributed by atoms with Gasteiger partial charge in [0, 0.05) is 6.61 Å². The molecular weight excluding hydrogens is 130 g/mol. The summed E-state index contributed by atoms with van der Waals surface area (Å²) in [5.41, 5.74) is 0. The highest BCUT2D eigenvalue weighted by atomic mass is 16.5. The van der Waals surface area contributed by atoms with Crippen LogP contribution in [0.5, 0.6) is 0 Å². The molecule has 0 saturated carbocycles. The molecule has 10 heavy (non-hydrogen) atoms. The first-order valence-electron chi connectivity index (χ1n) is 3.63. The van der Waals surface area contributed by atoms with Crippen LogP contribution in [0.1, 0.15) is 12.8 Å². The standard InChI is InChI=1S/C7H13NO2/c1-8-5-6(9)7-3-2-4-10-7/h7-8H,2-5H2,1H3. The maximum Gasteiger partial charge on any atom is 0.175 e. The van der Waals surface area contributed by atoms with Gasteiger partial charge < -0.3 is 10.1 Å². The van der Waals surface area contributed by atoms with E-state index in [0.717, 1.165) is 19.4 Å². The first-order chi connectivity index (χ1) is 4.84. The molecule has 0 spiro atoms. The molecule has 0 aromatic carbocycles. The van der Waals surface area contributed by atoms with E-state index in [2.05, 4.69) is 5.32 Å². The van der Waals surface area contributed by atoms with E-state index in [1.54, 1.807) is 7.05 Å². The largest absolute Gasteiger partial charge is 0.370 e. The van der Waals surface area contributed by atoms with Gasteiger partial charge in [-0.05, 0) is 19.9 Å². The Balaban J connectivity index is 2.25. The summed E-state index contributed by atoms with van der Waals surface area (Å²) in [7, 11) is 1.77. The van der Waals surface area contributed by atoms with Gasteiger partial charge in [0.1, 0.15) is 6.10 Å². The summed E-state index contributed by atoms with van der Waals surface area (Å²) in [6.07, 6.45) is 1.81. The fourth-order valence-corrected chi connectivity index (χ4v) is 1.12. The number of carbonyl (C=O) groups excluding carboxylic acids is 1. The van der Waals surface area contributed by atoms with E-state index in [4.69, 9.17) is 4.74 Å². The number of ketones is 1. The summed E-state index contributed by atoms with van der Waals surface area (Å²) >= 11 is 0. The predicted molar refractivity (Wildman–Crippen MR) is 37.9 cm³/mol. The average molecular weight is 143 g/mol. The Hall–Kier alpha value is -0.410. The van der Waals surface area contributed by atoms with Crippen LogP contribution in [0.25, 0.3) is 0 Å². The molecule has 1 aliphatic heterocycles. The molecule has 1 atom stereocenters. The minimum absolute atomic E-state index is 0.118. The Bertz CT molecular complexity index is 119. The van der Waals surface area contributed by atoms with Gasteiger partial charge in [-0.15, -0.1) is 0 Å². The van der Waals surface area contributed by atoms with Crippen molar-refractivity contribution in [2.24, 2.45) is 0 Å². The highest BCUT2D eigenvalue weighted by Crippen LogP contribution is 2.11. The van der Waals surface area contributed by atoms with Crippen molar-refractivity contribution >= 4 is 5.78 Å². The molecule has 1 rings (SSSR count). The van der Waals surface area contributed by atoms with Crippen molar-refractivity contribution in [1.82, 2.24) is 5.32 Å². The molecule has 1 heterocycles. The molecule has 58 valence electrons. The van der Waals surface area contributed by atoms with Crippen LogP contribution in [-0.2, 0) is 9.53 Å². The number of hydrogen-bond donors (Lipinski definition) is 1. The molecule has 1 aliphatic rings. The maximum absolute atomic E-state index is 11.1. The Morgan fingerprint density at radius 3 is 3.10 bits per heavy atom. The Morgan fingerprint density at radius 1 is 1.80 bits per heavy atom. The molecule has 0 aromatic rings. The van der Waals surface area contributed by atoms with Crippen LogP contribution >= 0.6 is 0 Å². The maximum atomic E-state index is 11.1. The Morgan fingerprint density at radius 2 is 2.60 bits per heavy atom. The average Bonchev–Trinajstić information content (AvgIpc) is 2.38. The molecule has 3 nitrogen and oxygen atoms in total. The van der Waals surface area contributed by atoms with E-state index in [1.807, 2.05) is 0 Å². The minimum Gasteiger partial charge on any atom is -0.370 e. The number of hydrogen-bond acceptors (Lipinski definition) is 3. The fourth-order valence-electron chi connectivity index (χ4n) is 1.12. The van der Waals surface area contributed by atoms with Gasteiger partial charge in [-0.2, -0.15) is 0 Å². The smallest absolute Gasteiger partial charge is 0.175 e. The van der Waals surface area contributed by atoms with E-state index < -0.39 is 0 Å². The normalized spacial score (nSPS) is 25.1. The molecule has 3 heteroatoms. The second-order valence-electron chi connectivity index (χ2n) is 2.50. The molecule has 0 aliphatic carbocycles. The van der Waals surface area contributed by atoms with Crippen molar-refractivity contribution in [1.29, 1.82) is 0 Å². The molecule has 0 radical (unpaired) electrons. The molecule has 1 unspecified atom stereocenters. The van der Waals surface area contributed by atoms with Crippen molar-refractivity contribution in [2.45, 2.75) is 18.9 Å². The molecule has 0 aromatic heterocycles. The van der Waals surface area contributed by atoms with Gasteiger partial charge in [0.25, 0.3) is 0 Å². The first kappa shape index (κ1) is 7.69. The Labute approximate surface area is 60.7 Å². The summed E-state index contributed by atoms with van der Waals surface area (Å²) in [5, 5.41) is 2.81. The monoisotopic (exact) mass is 143 g/mol. The molecular formula is C7H13NO2. The SMILES string of the molecule is CNCC(=O)C1CCCO1. The van der Waals surface area contributed by atoms with E-state index >= 15 is 0 Å². The molecule has 1 fully saturated rings. The van der Waals surface area contributed by atoms with Crippen LogP contribution in [0.2, 0.25) is 0 Å². The zero-order valence-electron chi connectivity index (χ0n) is 6.22. The number of carbonyl (C=O) groups is 1. The van der Waals surface area contributed by atoms with Gasteiger partial charge in [0.05, 0.1) is 6.54 Å². The first-order valence-corrected chi connectivity index (χ1v) is 3.63. The summed E-state index contributed by atoms with van der Waals surface area (Å²) in [5.74, 6) is 0.181. The topological polar surface area (TPSA) is 38.3 Å². The lowest BCUT2D eigenvalue weighted by molar-refractivity contribution is -0.126. The Kier molecular flexibility index (Phi) is 2.83. The lowest BCUT2D eigenvalue weighted by Crippen LogP contribution is -2.29. The van der Waals surface area contributed by atoms with Gasteiger partial charge in [-0.1, -0.05) is 0 Å². The van der Waals surface area contributed by atoms with E-state index in [0.29, 0.717) is 6.54 Å². The quantitative estimate of drug-likeness (QED) is 0.602. The number of nitrogens with one attached hydrogen (secondary N) is 1. The summed E-state index contributed by atoms with van der Waals surface area (Å²) in [6.45, 7) is 1.19. The van der Waals surface area contributed by atoms with Gasteiger partial charge in [-0.25, -0.2) is 0 Å². The van der Waals surface area contributed by atoms with Crippen LogP contribution in [0.3, 0.4) is 0 Å². The van der Waals surface area contributed by atoms with Crippen LogP contribution in [0, 0.1) is 0 Å². The molecule has 0 bridgehead atoms. The third-order valence-corrected chi connectivity index (χ3v) is 1.64. The third kappa shape index (κ3) is 1.78. The van der Waals surface area contributed by atoms with Gasteiger partial charge >= 0.3 is 0 Å². The van der Waals surface area contributed by atoms with Crippen LogP contribution < -0.4 is 5.32 Å². The second-order valence-corrected chi connectivity index (χ2v) is 2.50. The highest BCUT2D eigenvalue weighted by molar-refractivity contribution is 5.85. The van der Waals surface area contributed by atoms with E-state index in [9.17, 15) is 4.79 Å². The van der Waals surface area contributed by atoms with Crippen molar-refractivity contribution < 1.29 is 9.53 Å². The van der Waals surface area contributed by atoms with Crippen molar-refractivity contribution in [3.63, 3.8) is 0 Å². The van der Waals surface area contributed by atoms with Crippen LogP contribution in [0.15, 0.2) is 0 Å². The number of rotatable bonds is 3. The zero-order valence-corrected chi connectivity index (χ0v) is 6.22. The number of ether oxygens (including phenoxy) is 1. The van der Waals surface area contributed by atoms with E-state index in [1.165, 1.54) is 0 Å². The van der Waals surface area contributed by atoms with Crippen LogP contribution in [-0.4, -0.2) is 32.1 Å². The fraction of sp³-hybridized carbons (Fsp3) is 0.857. The highest BCUT2D eigenvalue weighted by Gasteiger charge is 2.21. The molecule has 1 saturated heterocycles. The van der Waals surface area contributed by atoms with Crippen molar-refractivity contribution in [3.05, 3.63) is 0 Å². The van der Waals surface area contributed by atoms with Gasteiger partial charge in [0.2, 0.25) is 0 Å². The third-order valence-electron chi connectivity index (χ3n) is 1.64. The van der Waals surface area contributed by atoms with Crippen molar-refractivity contribution in [3.8, 4) is 0 Å². The summed E-state index contributed by atoms with van der Waals surface area (Å²) in [6, 6.07) is 0. The lowest BCUT2D eigenvalue weighted by Gasteiger charge is -2.05. The van der Waals surface area contributed by atoms with Crippen molar-refractivity contribution in [2.75, 3.05) is 20.2 Å². The van der Waals surface area contributed by atoms with Gasteiger partial charge in [0.15, 0.2) is 5.78 Å². The number of likely N-dealkylation sites (N-methyl/N-ethyl adjacent to an activating group) is 1. The summed E-state index contributed by atoms with van der Waals surface area (Å²) < 4.78 is 5.18. The minimum atomic E-state index is -0.118. The summed E-state index contributed by atoms with van der Waals surface area (Å²) in [4.78, 5) is 11.1. The predicted octanol–water partition coefficient (Wildman–Crippen LogP) is -0.0461. The number of Topliss-reactive ketones (excluding diaryl/α,β-unsaturated/α-hetero) is 1. The van der Waals surface area contributed by atoms with Crippen LogP contribution in [0.4, 0.5) is 0 Å². The zero-order chi connectivity index (χ0) is 7.40. The lowest BCUT2D eigenvalue weighted by atomic mass is 10.1. The van der Waals surface area contributed by atoms with Gasteiger partial charge in [-0.3, -0.25) is 4.79 Å². The second kappa shape index (κ2) is 3.68. The molecule has 1 N–H and O–H groups in total.